The molecule has 4 heteroatoms. The summed E-state index contributed by atoms with van der Waals surface area (Å²) in [6, 6.07) is 5.35. The van der Waals surface area contributed by atoms with Crippen molar-refractivity contribution in [2.24, 2.45) is 0 Å². The van der Waals surface area contributed by atoms with Crippen molar-refractivity contribution in [1.82, 2.24) is 0 Å². The summed E-state index contributed by atoms with van der Waals surface area (Å²) < 4.78 is 21.5. The molecule has 0 saturated carbocycles. The monoisotopic (exact) mass is 164 g/mol. The van der Waals surface area contributed by atoms with E-state index in [4.69, 9.17) is 19.4 Å². The van der Waals surface area contributed by atoms with Crippen LogP contribution in [-0.2, 0) is 0 Å². The molecule has 1 aromatic carbocycles. The first-order chi connectivity index (χ1) is 6.86. The molecule has 0 unspecified atom stereocenters. The van der Waals surface area contributed by atoms with Crippen molar-refractivity contribution in [2.45, 2.75) is 6.85 Å². The minimum atomic E-state index is -2.37. The van der Waals surface area contributed by atoms with E-state index >= 15 is 0 Å². The quantitative estimate of drug-likeness (QED) is 0.552. The molecule has 0 fully saturated rings. The SMILES string of the molecule is [2H]C([2H])([2H])c1ccc(B(O)O)cc1C#N. The Hall–Kier alpha value is -1.31. The molecule has 0 heterocycles. The molecule has 0 aliphatic rings. The summed E-state index contributed by atoms with van der Waals surface area (Å²) in [5, 5.41) is 26.4. The van der Waals surface area contributed by atoms with Crippen LogP contribution in [-0.4, -0.2) is 17.2 Å². The average Bonchev–Trinajstić information content (AvgIpc) is 2.15. The van der Waals surface area contributed by atoms with Gasteiger partial charge < -0.3 is 10.0 Å². The van der Waals surface area contributed by atoms with Gasteiger partial charge in [0, 0.05) is 4.11 Å². The third-order valence-corrected chi connectivity index (χ3v) is 1.46. The molecule has 0 atom stereocenters. The second-order valence-electron chi connectivity index (χ2n) is 2.29. The van der Waals surface area contributed by atoms with Gasteiger partial charge in [-0.3, -0.25) is 0 Å². The summed E-state index contributed by atoms with van der Waals surface area (Å²) >= 11 is 0. The van der Waals surface area contributed by atoms with E-state index in [9.17, 15) is 0 Å². The molecule has 0 bridgehead atoms. The Morgan fingerprint density at radius 1 is 1.58 bits per heavy atom. The van der Waals surface area contributed by atoms with Gasteiger partial charge in [-0.2, -0.15) is 5.26 Å². The summed E-state index contributed by atoms with van der Waals surface area (Å²) in [6.45, 7) is -2.37. The van der Waals surface area contributed by atoms with E-state index in [1.807, 2.05) is 0 Å². The van der Waals surface area contributed by atoms with E-state index in [1.54, 1.807) is 6.07 Å². The number of nitrogens with zero attached hydrogens (tertiary/aromatic N) is 1. The summed E-state index contributed by atoms with van der Waals surface area (Å²) in [7, 11) is -1.71. The number of hydrogen-bond donors (Lipinski definition) is 2. The van der Waals surface area contributed by atoms with E-state index in [1.165, 1.54) is 12.1 Å². The van der Waals surface area contributed by atoms with E-state index in [2.05, 4.69) is 0 Å². The highest BCUT2D eigenvalue weighted by atomic mass is 16.4. The van der Waals surface area contributed by atoms with Crippen LogP contribution in [0.1, 0.15) is 15.2 Å². The number of nitriles is 1. The Morgan fingerprint density at radius 2 is 2.33 bits per heavy atom. The van der Waals surface area contributed by atoms with Crippen molar-refractivity contribution in [3.05, 3.63) is 29.3 Å². The molecule has 3 nitrogen and oxygen atoms in total. The van der Waals surface area contributed by atoms with Crippen LogP contribution in [0.25, 0.3) is 0 Å². The van der Waals surface area contributed by atoms with Gasteiger partial charge in [0.15, 0.2) is 0 Å². The Kier molecular flexibility index (Phi) is 1.52. The summed E-state index contributed by atoms with van der Waals surface area (Å²) in [5.74, 6) is 0. The van der Waals surface area contributed by atoms with Gasteiger partial charge in [-0.15, -0.1) is 0 Å². The largest absolute Gasteiger partial charge is 0.488 e. The fraction of sp³-hybridized carbons (Fsp3) is 0.125. The molecule has 0 aromatic heterocycles. The zero-order valence-corrected chi connectivity index (χ0v) is 6.15. The molecule has 0 amide bonds. The zero-order valence-electron chi connectivity index (χ0n) is 9.15. The minimum Gasteiger partial charge on any atom is -0.423 e. The maximum absolute atomic E-state index is 8.84. The smallest absolute Gasteiger partial charge is 0.423 e. The molecule has 0 spiro atoms. The Labute approximate surface area is 75.2 Å². The van der Waals surface area contributed by atoms with E-state index < -0.39 is 14.0 Å². The van der Waals surface area contributed by atoms with Gasteiger partial charge in [-0.1, -0.05) is 12.1 Å². The van der Waals surface area contributed by atoms with E-state index in [-0.39, 0.29) is 16.6 Å². The first-order valence-corrected chi connectivity index (χ1v) is 3.27. The molecule has 0 saturated heterocycles. The number of benzene rings is 1. The molecule has 0 radical (unpaired) electrons. The van der Waals surface area contributed by atoms with Crippen molar-refractivity contribution in [3.63, 3.8) is 0 Å². The molecular weight excluding hydrogens is 153 g/mol. The summed E-state index contributed by atoms with van der Waals surface area (Å²) in [6.07, 6.45) is 0. The highest BCUT2D eigenvalue weighted by Gasteiger charge is 2.11. The normalized spacial score (nSPS) is 13.9. The second-order valence-corrected chi connectivity index (χ2v) is 2.29. The van der Waals surface area contributed by atoms with Gasteiger partial charge in [0.05, 0.1) is 11.6 Å². The van der Waals surface area contributed by atoms with E-state index in [0.717, 1.165) is 6.07 Å². The third-order valence-electron chi connectivity index (χ3n) is 1.46. The first kappa shape index (κ1) is 5.36. The van der Waals surface area contributed by atoms with Crippen LogP contribution >= 0.6 is 0 Å². The summed E-state index contributed by atoms with van der Waals surface area (Å²) in [4.78, 5) is 0. The van der Waals surface area contributed by atoms with Crippen molar-refractivity contribution >= 4 is 12.6 Å². The lowest BCUT2D eigenvalue weighted by atomic mass is 9.79. The standard InChI is InChI=1S/C8H8BNO2/c1-6-2-3-8(9(11)12)4-7(6)5-10/h2-4,11-12H,1H3/i1D3. The molecule has 12 heavy (non-hydrogen) atoms. The molecule has 1 rings (SSSR count). The van der Waals surface area contributed by atoms with Crippen LogP contribution < -0.4 is 5.46 Å². The van der Waals surface area contributed by atoms with Crippen LogP contribution in [0, 0.1) is 18.2 Å². The summed E-state index contributed by atoms with van der Waals surface area (Å²) in [5.41, 5.74) is -0.0606. The molecule has 60 valence electrons. The third kappa shape index (κ3) is 1.64. The fourth-order valence-electron chi connectivity index (χ4n) is 0.815. The average molecular weight is 164 g/mol. The number of rotatable bonds is 1. The predicted molar refractivity (Wildman–Crippen MR) is 45.7 cm³/mol. The zero-order chi connectivity index (χ0) is 11.6. The van der Waals surface area contributed by atoms with Crippen LogP contribution in [0.3, 0.4) is 0 Å². The van der Waals surface area contributed by atoms with Gasteiger partial charge in [0.1, 0.15) is 0 Å². The maximum Gasteiger partial charge on any atom is 0.488 e. The van der Waals surface area contributed by atoms with Gasteiger partial charge in [0.25, 0.3) is 0 Å². The number of hydrogen-bond acceptors (Lipinski definition) is 3. The molecule has 2 N–H and O–H groups in total. The molecule has 1 aromatic rings. The molecular formula is C8H8BNO2. The Balaban J connectivity index is 3.29. The van der Waals surface area contributed by atoms with Crippen LogP contribution in [0.15, 0.2) is 18.2 Å². The van der Waals surface area contributed by atoms with Crippen LogP contribution in [0.5, 0.6) is 0 Å². The highest BCUT2D eigenvalue weighted by Crippen LogP contribution is 2.03. The van der Waals surface area contributed by atoms with E-state index in [0.29, 0.717) is 0 Å². The van der Waals surface area contributed by atoms with Gasteiger partial charge in [0.2, 0.25) is 0 Å². The van der Waals surface area contributed by atoms with Crippen LogP contribution in [0.2, 0.25) is 0 Å². The second kappa shape index (κ2) is 3.39. The van der Waals surface area contributed by atoms with Gasteiger partial charge in [-0.25, -0.2) is 0 Å². The Bertz CT molecular complexity index is 411. The minimum absolute atomic E-state index is 0.0689. The first-order valence-electron chi connectivity index (χ1n) is 4.77. The number of aryl methyl sites for hydroxylation is 1. The van der Waals surface area contributed by atoms with Crippen molar-refractivity contribution < 1.29 is 14.2 Å². The predicted octanol–water partition coefficient (Wildman–Crippen LogP) is -0.454. The van der Waals surface area contributed by atoms with Crippen molar-refractivity contribution in [3.8, 4) is 6.07 Å². The van der Waals surface area contributed by atoms with Crippen LogP contribution in [0.4, 0.5) is 0 Å². The lowest BCUT2D eigenvalue weighted by Gasteiger charge is -2.01. The topological polar surface area (TPSA) is 64.2 Å². The van der Waals surface area contributed by atoms with Crippen molar-refractivity contribution in [1.29, 1.82) is 5.26 Å². The Morgan fingerprint density at radius 3 is 2.83 bits per heavy atom. The fourth-order valence-corrected chi connectivity index (χ4v) is 0.815. The molecule has 0 aliphatic heterocycles. The lowest BCUT2D eigenvalue weighted by Crippen LogP contribution is -2.29. The molecule has 0 aliphatic carbocycles. The van der Waals surface area contributed by atoms with Crippen molar-refractivity contribution in [2.75, 3.05) is 0 Å². The van der Waals surface area contributed by atoms with Gasteiger partial charge >= 0.3 is 7.12 Å². The van der Waals surface area contributed by atoms with Gasteiger partial charge in [-0.05, 0) is 23.9 Å². The highest BCUT2D eigenvalue weighted by molar-refractivity contribution is 6.58. The lowest BCUT2D eigenvalue weighted by molar-refractivity contribution is 0.426. The maximum atomic E-state index is 8.84.